The van der Waals surface area contributed by atoms with Gasteiger partial charge in [-0.25, -0.2) is 0 Å². The van der Waals surface area contributed by atoms with Crippen LogP contribution in [0.15, 0.2) is 18.2 Å². The Morgan fingerprint density at radius 2 is 2.00 bits per heavy atom. The first-order valence-electron chi connectivity index (χ1n) is 5.86. The van der Waals surface area contributed by atoms with Gasteiger partial charge in [-0.05, 0) is 35.4 Å². The van der Waals surface area contributed by atoms with Gasteiger partial charge >= 0.3 is 0 Å². The molecule has 90 valence electrons. The van der Waals surface area contributed by atoms with Gasteiger partial charge in [0.15, 0.2) is 0 Å². The molecule has 0 saturated heterocycles. The molecule has 0 N–H and O–H groups in total. The smallest absolute Gasteiger partial charge is 0.122 e. The molecule has 1 atom stereocenters. The number of hydrogen-bond acceptors (Lipinski definition) is 1. The summed E-state index contributed by atoms with van der Waals surface area (Å²) in [7, 11) is 1.73. The molecule has 0 bridgehead atoms. The summed E-state index contributed by atoms with van der Waals surface area (Å²) in [5.74, 6) is 2.23. The maximum absolute atomic E-state index is 5.35. The maximum atomic E-state index is 5.35. The Bertz CT molecular complexity index is 334. The Morgan fingerprint density at radius 1 is 1.31 bits per heavy atom. The SMILES string of the molecule is CCc1cc(C(CBr)C(C)C)ccc1OC. The molecular weight excluding hydrogens is 264 g/mol. The Kier molecular flexibility index (Phi) is 5.33. The van der Waals surface area contributed by atoms with E-state index in [0.29, 0.717) is 11.8 Å². The lowest BCUT2D eigenvalue weighted by atomic mass is 9.89. The predicted molar refractivity (Wildman–Crippen MR) is 73.7 cm³/mol. The van der Waals surface area contributed by atoms with Crippen molar-refractivity contribution in [3.05, 3.63) is 29.3 Å². The lowest BCUT2D eigenvalue weighted by Gasteiger charge is -2.20. The van der Waals surface area contributed by atoms with Gasteiger partial charge in [0, 0.05) is 5.33 Å². The zero-order valence-electron chi connectivity index (χ0n) is 10.6. The third-order valence-corrected chi connectivity index (χ3v) is 3.78. The molecule has 16 heavy (non-hydrogen) atoms. The van der Waals surface area contributed by atoms with E-state index in [0.717, 1.165) is 17.5 Å². The van der Waals surface area contributed by atoms with Crippen molar-refractivity contribution in [1.82, 2.24) is 0 Å². The van der Waals surface area contributed by atoms with Crippen molar-refractivity contribution in [3.8, 4) is 5.75 Å². The average molecular weight is 285 g/mol. The molecule has 1 aromatic rings. The van der Waals surface area contributed by atoms with Crippen molar-refractivity contribution in [3.63, 3.8) is 0 Å². The first-order valence-corrected chi connectivity index (χ1v) is 6.98. The Morgan fingerprint density at radius 3 is 2.44 bits per heavy atom. The van der Waals surface area contributed by atoms with Crippen LogP contribution in [0.25, 0.3) is 0 Å². The van der Waals surface area contributed by atoms with Crippen LogP contribution in [0, 0.1) is 5.92 Å². The summed E-state index contributed by atoms with van der Waals surface area (Å²) in [5.41, 5.74) is 2.70. The van der Waals surface area contributed by atoms with Crippen molar-refractivity contribution >= 4 is 15.9 Å². The van der Waals surface area contributed by atoms with Gasteiger partial charge in [0.25, 0.3) is 0 Å². The molecule has 0 aliphatic rings. The molecule has 0 spiro atoms. The molecule has 0 amide bonds. The summed E-state index contributed by atoms with van der Waals surface area (Å²) in [6, 6.07) is 6.56. The van der Waals surface area contributed by atoms with Gasteiger partial charge in [0.1, 0.15) is 5.75 Å². The summed E-state index contributed by atoms with van der Waals surface area (Å²) in [6.07, 6.45) is 1.02. The second kappa shape index (κ2) is 6.29. The van der Waals surface area contributed by atoms with E-state index in [-0.39, 0.29) is 0 Å². The topological polar surface area (TPSA) is 9.23 Å². The fraction of sp³-hybridized carbons (Fsp3) is 0.571. The van der Waals surface area contributed by atoms with Gasteiger partial charge in [-0.3, -0.25) is 0 Å². The van der Waals surface area contributed by atoms with E-state index in [9.17, 15) is 0 Å². The Labute approximate surface area is 107 Å². The minimum Gasteiger partial charge on any atom is -0.496 e. The lowest BCUT2D eigenvalue weighted by Crippen LogP contribution is -2.08. The second-order valence-corrected chi connectivity index (χ2v) is 5.08. The van der Waals surface area contributed by atoms with E-state index in [1.165, 1.54) is 11.1 Å². The highest BCUT2D eigenvalue weighted by molar-refractivity contribution is 9.09. The van der Waals surface area contributed by atoms with Crippen LogP contribution in [-0.4, -0.2) is 12.4 Å². The molecule has 0 aliphatic heterocycles. The van der Waals surface area contributed by atoms with Gasteiger partial charge in [0.2, 0.25) is 0 Å². The number of methoxy groups -OCH3 is 1. The normalized spacial score (nSPS) is 12.9. The number of aryl methyl sites for hydroxylation is 1. The molecule has 0 fully saturated rings. The van der Waals surface area contributed by atoms with Gasteiger partial charge < -0.3 is 4.74 Å². The van der Waals surface area contributed by atoms with Crippen LogP contribution in [0.1, 0.15) is 37.8 Å². The molecule has 1 unspecified atom stereocenters. The molecule has 0 aromatic heterocycles. The van der Waals surface area contributed by atoms with Crippen molar-refractivity contribution in [2.45, 2.75) is 33.1 Å². The number of alkyl halides is 1. The zero-order chi connectivity index (χ0) is 12.1. The van der Waals surface area contributed by atoms with Crippen molar-refractivity contribution in [2.24, 2.45) is 5.92 Å². The van der Waals surface area contributed by atoms with Crippen molar-refractivity contribution < 1.29 is 4.74 Å². The number of rotatable bonds is 5. The van der Waals surface area contributed by atoms with E-state index < -0.39 is 0 Å². The molecule has 0 saturated carbocycles. The van der Waals surface area contributed by atoms with Gasteiger partial charge in [-0.15, -0.1) is 0 Å². The minimum atomic E-state index is 0.580. The van der Waals surface area contributed by atoms with Crippen LogP contribution in [-0.2, 0) is 6.42 Å². The first kappa shape index (κ1) is 13.6. The molecule has 1 nitrogen and oxygen atoms in total. The summed E-state index contributed by atoms with van der Waals surface area (Å²) in [5, 5.41) is 1.01. The lowest BCUT2D eigenvalue weighted by molar-refractivity contribution is 0.409. The molecular formula is C14H21BrO. The molecule has 0 aliphatic carbocycles. The third kappa shape index (κ3) is 3.00. The molecule has 1 aromatic carbocycles. The second-order valence-electron chi connectivity index (χ2n) is 4.43. The van der Waals surface area contributed by atoms with Crippen molar-refractivity contribution in [1.29, 1.82) is 0 Å². The van der Waals surface area contributed by atoms with E-state index in [4.69, 9.17) is 4.74 Å². The molecule has 1 rings (SSSR count). The number of ether oxygens (including phenoxy) is 1. The summed E-state index contributed by atoms with van der Waals surface area (Å²) < 4.78 is 5.35. The quantitative estimate of drug-likeness (QED) is 0.729. The number of benzene rings is 1. The highest BCUT2D eigenvalue weighted by Gasteiger charge is 2.15. The van der Waals surface area contributed by atoms with Crippen LogP contribution in [0.5, 0.6) is 5.75 Å². The Hall–Kier alpha value is -0.500. The van der Waals surface area contributed by atoms with Gasteiger partial charge in [-0.2, -0.15) is 0 Å². The fourth-order valence-electron chi connectivity index (χ4n) is 1.96. The zero-order valence-corrected chi connectivity index (χ0v) is 12.2. The van der Waals surface area contributed by atoms with Crippen LogP contribution >= 0.6 is 15.9 Å². The van der Waals surface area contributed by atoms with Crippen LogP contribution in [0.3, 0.4) is 0 Å². The van der Waals surface area contributed by atoms with Gasteiger partial charge in [0.05, 0.1) is 7.11 Å². The number of hydrogen-bond donors (Lipinski definition) is 0. The molecule has 2 heteroatoms. The predicted octanol–water partition coefficient (Wildman–Crippen LogP) is 4.39. The van der Waals surface area contributed by atoms with E-state index in [1.807, 2.05) is 0 Å². The van der Waals surface area contributed by atoms with Crippen LogP contribution in [0.2, 0.25) is 0 Å². The minimum absolute atomic E-state index is 0.580. The van der Waals surface area contributed by atoms with E-state index >= 15 is 0 Å². The van der Waals surface area contributed by atoms with Crippen molar-refractivity contribution in [2.75, 3.05) is 12.4 Å². The van der Waals surface area contributed by atoms with Gasteiger partial charge in [-0.1, -0.05) is 48.8 Å². The first-order chi connectivity index (χ1) is 7.63. The van der Waals surface area contributed by atoms with E-state index in [2.05, 4.69) is 54.9 Å². The average Bonchev–Trinajstić information content (AvgIpc) is 2.29. The van der Waals surface area contributed by atoms with Crippen LogP contribution < -0.4 is 4.74 Å². The summed E-state index contributed by atoms with van der Waals surface area (Å²) >= 11 is 3.60. The highest BCUT2D eigenvalue weighted by atomic mass is 79.9. The van der Waals surface area contributed by atoms with Crippen LogP contribution in [0.4, 0.5) is 0 Å². The Balaban J connectivity index is 3.06. The molecule has 0 radical (unpaired) electrons. The fourth-order valence-corrected chi connectivity index (χ4v) is 3.08. The third-order valence-electron chi connectivity index (χ3n) is 3.08. The highest BCUT2D eigenvalue weighted by Crippen LogP contribution is 2.30. The summed E-state index contributed by atoms with van der Waals surface area (Å²) in [4.78, 5) is 0. The van der Waals surface area contributed by atoms with E-state index in [1.54, 1.807) is 7.11 Å². The molecule has 0 heterocycles. The number of halogens is 1. The standard InChI is InChI=1S/C14H21BrO/c1-5-11-8-12(6-7-14(11)16-4)13(9-15)10(2)3/h6-8,10,13H,5,9H2,1-4H3. The monoisotopic (exact) mass is 284 g/mol. The maximum Gasteiger partial charge on any atom is 0.122 e. The largest absolute Gasteiger partial charge is 0.496 e. The summed E-state index contributed by atoms with van der Waals surface area (Å²) in [6.45, 7) is 6.70.